The SMILES string of the molecule is C=C1NC2=C(C(=O)CC(C)(C)C2)C(c2cccc([N+](=O)[O-])c2)C1C(=O)N1CCCCC1. The largest absolute Gasteiger partial charge is 0.362 e. The summed E-state index contributed by atoms with van der Waals surface area (Å²) in [5, 5.41) is 14.7. The van der Waals surface area contributed by atoms with Crippen molar-refractivity contribution in [2.24, 2.45) is 11.3 Å². The van der Waals surface area contributed by atoms with E-state index in [0.29, 0.717) is 42.8 Å². The minimum absolute atomic E-state index is 0.000740. The fraction of sp³-hybridized carbons (Fsp3) is 0.500. The summed E-state index contributed by atoms with van der Waals surface area (Å²) in [6, 6.07) is 6.34. The Labute approximate surface area is 182 Å². The summed E-state index contributed by atoms with van der Waals surface area (Å²) in [5.74, 6) is -1.29. The van der Waals surface area contributed by atoms with Gasteiger partial charge in [0.2, 0.25) is 5.91 Å². The monoisotopic (exact) mass is 423 g/mol. The number of nitro groups is 1. The minimum atomic E-state index is -0.663. The van der Waals surface area contributed by atoms with Crippen molar-refractivity contribution in [1.29, 1.82) is 0 Å². The number of carbonyl (C=O) groups is 2. The van der Waals surface area contributed by atoms with Crippen LogP contribution in [-0.2, 0) is 9.59 Å². The van der Waals surface area contributed by atoms with E-state index in [-0.39, 0.29) is 22.8 Å². The highest BCUT2D eigenvalue weighted by molar-refractivity contribution is 6.01. The van der Waals surface area contributed by atoms with Gasteiger partial charge in [0, 0.05) is 54.5 Å². The molecule has 4 rings (SSSR count). The highest BCUT2D eigenvalue weighted by Gasteiger charge is 2.47. The van der Waals surface area contributed by atoms with Gasteiger partial charge in [-0.1, -0.05) is 32.6 Å². The summed E-state index contributed by atoms with van der Waals surface area (Å²) in [7, 11) is 0. The van der Waals surface area contributed by atoms with Crippen molar-refractivity contribution < 1.29 is 14.5 Å². The number of nitro benzene ring substituents is 1. The Bertz CT molecular complexity index is 988. The maximum Gasteiger partial charge on any atom is 0.269 e. The number of ketones is 1. The predicted octanol–water partition coefficient (Wildman–Crippen LogP) is 4.07. The van der Waals surface area contributed by atoms with Crippen LogP contribution in [0, 0.1) is 21.4 Å². The molecule has 1 saturated heterocycles. The second kappa shape index (κ2) is 7.94. The zero-order valence-electron chi connectivity index (χ0n) is 18.1. The van der Waals surface area contributed by atoms with Gasteiger partial charge in [-0.2, -0.15) is 0 Å². The topological polar surface area (TPSA) is 92.5 Å². The number of non-ortho nitro benzene ring substituents is 1. The zero-order valence-corrected chi connectivity index (χ0v) is 18.1. The molecule has 1 aromatic carbocycles. The number of benzene rings is 1. The molecule has 0 bridgehead atoms. The van der Waals surface area contributed by atoms with Gasteiger partial charge >= 0.3 is 0 Å². The zero-order chi connectivity index (χ0) is 22.3. The van der Waals surface area contributed by atoms with Crippen molar-refractivity contribution in [3.63, 3.8) is 0 Å². The van der Waals surface area contributed by atoms with Crippen LogP contribution in [0.4, 0.5) is 5.69 Å². The van der Waals surface area contributed by atoms with Crippen molar-refractivity contribution in [2.75, 3.05) is 13.1 Å². The number of Topliss-reactive ketones (excluding diaryl/α,β-unsaturated/α-hetero) is 1. The molecule has 2 atom stereocenters. The molecule has 7 heteroatoms. The molecule has 7 nitrogen and oxygen atoms in total. The lowest BCUT2D eigenvalue weighted by Gasteiger charge is -2.44. The van der Waals surface area contributed by atoms with Crippen LogP contribution in [-0.4, -0.2) is 34.6 Å². The molecule has 0 aromatic heterocycles. The molecule has 1 aromatic rings. The number of hydrogen-bond donors (Lipinski definition) is 1. The van der Waals surface area contributed by atoms with Crippen LogP contribution in [0.1, 0.15) is 57.4 Å². The number of rotatable bonds is 3. The third kappa shape index (κ3) is 4.01. The smallest absolute Gasteiger partial charge is 0.269 e. The molecule has 164 valence electrons. The summed E-state index contributed by atoms with van der Waals surface area (Å²) >= 11 is 0. The first-order valence-corrected chi connectivity index (χ1v) is 10.9. The molecule has 1 N–H and O–H groups in total. The summed E-state index contributed by atoms with van der Waals surface area (Å²) in [6.45, 7) is 9.65. The number of amides is 1. The number of likely N-dealkylation sites (tertiary alicyclic amines) is 1. The Hall–Kier alpha value is -2.96. The number of nitrogens with one attached hydrogen (secondary N) is 1. The standard InChI is InChI=1S/C24H29N3O4/c1-15-20(23(29)26-10-5-4-6-11-26)21(16-8-7-9-17(12-16)27(30)31)22-18(25-15)13-24(2,3)14-19(22)28/h7-9,12,20-21,25H,1,4-6,10-11,13-14H2,2-3H3. The van der Waals surface area contributed by atoms with Crippen LogP contribution in [0.25, 0.3) is 0 Å². The Morgan fingerprint density at radius 2 is 1.94 bits per heavy atom. The van der Waals surface area contributed by atoms with Crippen LogP contribution in [0.5, 0.6) is 0 Å². The minimum Gasteiger partial charge on any atom is -0.362 e. The Morgan fingerprint density at radius 1 is 1.23 bits per heavy atom. The van der Waals surface area contributed by atoms with Gasteiger partial charge < -0.3 is 10.2 Å². The van der Waals surface area contributed by atoms with Crippen molar-refractivity contribution >= 4 is 17.4 Å². The third-order valence-corrected chi connectivity index (χ3v) is 6.63. The molecule has 0 spiro atoms. The van der Waals surface area contributed by atoms with E-state index in [1.165, 1.54) is 12.1 Å². The lowest BCUT2D eigenvalue weighted by molar-refractivity contribution is -0.384. The maximum atomic E-state index is 13.6. The summed E-state index contributed by atoms with van der Waals surface area (Å²) < 4.78 is 0. The molecule has 0 radical (unpaired) electrons. The molecule has 31 heavy (non-hydrogen) atoms. The Kier molecular flexibility index (Phi) is 5.45. The summed E-state index contributed by atoms with van der Waals surface area (Å²) in [5.41, 5.74) is 2.33. The first-order valence-electron chi connectivity index (χ1n) is 10.9. The number of nitrogens with zero attached hydrogens (tertiary/aromatic N) is 2. The summed E-state index contributed by atoms with van der Waals surface area (Å²) in [4.78, 5) is 39.8. The van der Waals surface area contributed by atoms with Crippen molar-refractivity contribution in [3.8, 4) is 0 Å². The first-order chi connectivity index (χ1) is 14.7. The van der Waals surface area contributed by atoms with Crippen LogP contribution < -0.4 is 5.32 Å². The third-order valence-electron chi connectivity index (χ3n) is 6.63. The van der Waals surface area contributed by atoms with Crippen LogP contribution >= 0.6 is 0 Å². The molecule has 2 aliphatic heterocycles. The van der Waals surface area contributed by atoms with E-state index in [0.717, 1.165) is 25.0 Å². The summed E-state index contributed by atoms with van der Waals surface area (Å²) in [6.07, 6.45) is 4.08. The van der Waals surface area contributed by atoms with Crippen LogP contribution in [0.2, 0.25) is 0 Å². The molecule has 3 aliphatic rings. The van der Waals surface area contributed by atoms with Gasteiger partial charge in [-0.3, -0.25) is 19.7 Å². The first kappa shape index (κ1) is 21.3. The van der Waals surface area contributed by atoms with Gasteiger partial charge in [0.15, 0.2) is 5.78 Å². The molecular weight excluding hydrogens is 394 g/mol. The van der Waals surface area contributed by atoms with Gasteiger partial charge in [0.1, 0.15) is 0 Å². The lowest BCUT2D eigenvalue weighted by Crippen LogP contribution is -2.48. The number of hydrogen-bond acceptors (Lipinski definition) is 5. The highest BCUT2D eigenvalue weighted by Crippen LogP contribution is 2.48. The van der Waals surface area contributed by atoms with E-state index in [2.05, 4.69) is 11.9 Å². The molecule has 2 unspecified atom stereocenters. The number of piperidine rings is 1. The Balaban J connectivity index is 1.84. The van der Waals surface area contributed by atoms with Crippen molar-refractivity contribution in [2.45, 2.75) is 51.9 Å². The molecule has 1 amide bonds. The van der Waals surface area contributed by atoms with E-state index in [1.54, 1.807) is 12.1 Å². The van der Waals surface area contributed by atoms with Crippen molar-refractivity contribution in [1.82, 2.24) is 10.2 Å². The fourth-order valence-electron chi connectivity index (χ4n) is 5.24. The maximum absolute atomic E-state index is 13.6. The van der Waals surface area contributed by atoms with E-state index in [4.69, 9.17) is 0 Å². The second-order valence-electron chi connectivity index (χ2n) is 9.68. The van der Waals surface area contributed by atoms with E-state index >= 15 is 0 Å². The normalized spacial score (nSPS) is 25.7. The van der Waals surface area contributed by atoms with Gasteiger partial charge in [-0.05, 0) is 36.7 Å². The van der Waals surface area contributed by atoms with Gasteiger partial charge in [0.25, 0.3) is 5.69 Å². The average molecular weight is 424 g/mol. The highest BCUT2D eigenvalue weighted by atomic mass is 16.6. The van der Waals surface area contributed by atoms with E-state index in [1.807, 2.05) is 18.7 Å². The van der Waals surface area contributed by atoms with Gasteiger partial charge in [0.05, 0.1) is 10.8 Å². The predicted molar refractivity (Wildman–Crippen MR) is 117 cm³/mol. The average Bonchev–Trinajstić information content (AvgIpc) is 2.72. The van der Waals surface area contributed by atoms with Gasteiger partial charge in [-0.25, -0.2) is 0 Å². The fourth-order valence-corrected chi connectivity index (χ4v) is 5.24. The molecule has 1 aliphatic carbocycles. The molecule has 2 heterocycles. The number of carbonyl (C=O) groups excluding carboxylic acids is 2. The van der Waals surface area contributed by atoms with Crippen LogP contribution in [0.3, 0.4) is 0 Å². The molecular formula is C24H29N3O4. The van der Waals surface area contributed by atoms with Gasteiger partial charge in [-0.15, -0.1) is 0 Å². The lowest BCUT2D eigenvalue weighted by atomic mass is 9.66. The Morgan fingerprint density at radius 3 is 2.61 bits per heavy atom. The molecule has 0 saturated carbocycles. The number of allylic oxidation sites excluding steroid dienone is 2. The van der Waals surface area contributed by atoms with Crippen molar-refractivity contribution in [3.05, 3.63) is 63.5 Å². The second-order valence-corrected chi connectivity index (χ2v) is 9.68. The van der Waals surface area contributed by atoms with E-state index in [9.17, 15) is 19.7 Å². The van der Waals surface area contributed by atoms with E-state index < -0.39 is 16.8 Å². The van der Waals surface area contributed by atoms with Crippen LogP contribution in [0.15, 0.2) is 47.8 Å². The quantitative estimate of drug-likeness (QED) is 0.584. The molecule has 1 fully saturated rings.